The molecule has 1 fully saturated rings. The van der Waals surface area contributed by atoms with Gasteiger partial charge in [-0.3, -0.25) is 14.5 Å². The van der Waals surface area contributed by atoms with E-state index in [1.54, 1.807) is 0 Å². The molecule has 10 heteroatoms. The van der Waals surface area contributed by atoms with Crippen LogP contribution in [0.15, 0.2) is 0 Å². The predicted octanol–water partition coefficient (Wildman–Crippen LogP) is 1.08. The van der Waals surface area contributed by atoms with E-state index >= 15 is 0 Å². The van der Waals surface area contributed by atoms with Gasteiger partial charge >= 0.3 is 12.1 Å². The predicted molar refractivity (Wildman–Crippen MR) is 57.4 cm³/mol. The average molecular weight is 295 g/mol. The highest BCUT2D eigenvalue weighted by atomic mass is 32.1. The van der Waals surface area contributed by atoms with Crippen LogP contribution in [0.25, 0.3) is 0 Å². The van der Waals surface area contributed by atoms with Gasteiger partial charge in [0.2, 0.25) is 16.0 Å². The molecule has 1 aliphatic rings. The van der Waals surface area contributed by atoms with Crippen LogP contribution in [0.2, 0.25) is 0 Å². The summed E-state index contributed by atoms with van der Waals surface area (Å²) in [6.07, 6.45) is -4.70. The molecule has 1 unspecified atom stereocenters. The molecule has 1 aromatic heterocycles. The van der Waals surface area contributed by atoms with Crippen LogP contribution in [0.5, 0.6) is 0 Å². The Morgan fingerprint density at radius 2 is 2.16 bits per heavy atom. The van der Waals surface area contributed by atoms with Gasteiger partial charge in [-0.1, -0.05) is 11.3 Å². The lowest BCUT2D eigenvalue weighted by molar-refractivity contribution is -0.145. The maximum Gasteiger partial charge on any atom is 0.445 e. The Hall–Kier alpha value is -1.71. The molecule has 0 radical (unpaired) electrons. The van der Waals surface area contributed by atoms with Gasteiger partial charge in [0.15, 0.2) is 0 Å². The van der Waals surface area contributed by atoms with Crippen LogP contribution in [0, 0.1) is 5.92 Å². The average Bonchev–Trinajstić information content (AvgIpc) is 2.93. The molecule has 2 heterocycles. The highest BCUT2D eigenvalue weighted by molar-refractivity contribution is 7.15. The maximum atomic E-state index is 12.4. The van der Waals surface area contributed by atoms with Crippen molar-refractivity contribution < 1.29 is 27.5 Å². The summed E-state index contributed by atoms with van der Waals surface area (Å²) in [5.74, 6) is -1.73. The van der Waals surface area contributed by atoms with E-state index in [4.69, 9.17) is 0 Å². The minimum absolute atomic E-state index is 0.0437. The number of aromatic nitrogens is 2. The largest absolute Gasteiger partial charge is 0.469 e. The van der Waals surface area contributed by atoms with E-state index in [0.29, 0.717) is 0 Å². The molecule has 0 aromatic carbocycles. The molecule has 0 bridgehead atoms. The number of carbonyl (C=O) groups is 2. The number of alkyl halides is 3. The quantitative estimate of drug-likeness (QED) is 0.763. The van der Waals surface area contributed by atoms with Gasteiger partial charge in [-0.25, -0.2) is 0 Å². The first-order chi connectivity index (χ1) is 8.82. The number of halogens is 3. The van der Waals surface area contributed by atoms with E-state index in [0.717, 1.165) is 4.90 Å². The van der Waals surface area contributed by atoms with E-state index < -0.39 is 29.0 Å². The second-order valence-electron chi connectivity index (χ2n) is 3.82. The second-order valence-corrected chi connectivity index (χ2v) is 4.77. The summed E-state index contributed by atoms with van der Waals surface area (Å²) >= 11 is 0.268. The summed E-state index contributed by atoms with van der Waals surface area (Å²) in [4.78, 5) is 23.9. The number of esters is 1. The summed E-state index contributed by atoms with van der Waals surface area (Å²) in [5.41, 5.74) is 0. The molecule has 6 nitrogen and oxygen atoms in total. The van der Waals surface area contributed by atoms with Gasteiger partial charge in [0.1, 0.15) is 0 Å². The molecule has 1 atom stereocenters. The number of ether oxygens (including phenoxy) is 1. The Balaban J connectivity index is 2.17. The molecule has 0 saturated carbocycles. The Morgan fingerprint density at radius 3 is 2.68 bits per heavy atom. The van der Waals surface area contributed by atoms with E-state index in [2.05, 4.69) is 14.9 Å². The zero-order valence-corrected chi connectivity index (χ0v) is 10.4. The molecule has 0 N–H and O–H groups in total. The minimum Gasteiger partial charge on any atom is -0.469 e. The Morgan fingerprint density at radius 1 is 1.47 bits per heavy atom. The van der Waals surface area contributed by atoms with E-state index in [1.165, 1.54) is 7.11 Å². The van der Waals surface area contributed by atoms with Crippen molar-refractivity contribution in [1.82, 2.24) is 10.2 Å². The van der Waals surface area contributed by atoms with Crippen LogP contribution in [-0.2, 0) is 20.5 Å². The van der Waals surface area contributed by atoms with Crippen molar-refractivity contribution in [3.05, 3.63) is 5.01 Å². The van der Waals surface area contributed by atoms with Crippen LogP contribution in [-0.4, -0.2) is 35.7 Å². The number of methoxy groups -OCH3 is 1. The molecule has 2 rings (SSSR count). The smallest absolute Gasteiger partial charge is 0.445 e. The second kappa shape index (κ2) is 4.76. The van der Waals surface area contributed by atoms with Crippen molar-refractivity contribution in [3.63, 3.8) is 0 Å². The van der Waals surface area contributed by atoms with Crippen molar-refractivity contribution in [2.24, 2.45) is 5.92 Å². The summed E-state index contributed by atoms with van der Waals surface area (Å²) in [6, 6.07) is 0. The zero-order valence-electron chi connectivity index (χ0n) is 9.60. The minimum atomic E-state index is -4.60. The summed E-state index contributed by atoms with van der Waals surface area (Å²) in [6.45, 7) is -0.0437. The Kier molecular flexibility index (Phi) is 3.43. The van der Waals surface area contributed by atoms with Gasteiger partial charge in [-0.05, 0) is 0 Å². The fourth-order valence-electron chi connectivity index (χ4n) is 1.66. The number of hydrogen-bond donors (Lipinski definition) is 0. The van der Waals surface area contributed by atoms with Crippen LogP contribution < -0.4 is 4.90 Å². The van der Waals surface area contributed by atoms with Gasteiger partial charge < -0.3 is 4.74 Å². The van der Waals surface area contributed by atoms with Gasteiger partial charge in [0.05, 0.1) is 13.0 Å². The lowest BCUT2D eigenvalue weighted by Gasteiger charge is -2.11. The molecule has 0 aliphatic carbocycles. The summed E-state index contributed by atoms with van der Waals surface area (Å²) in [7, 11) is 1.18. The summed E-state index contributed by atoms with van der Waals surface area (Å²) < 4.78 is 41.6. The van der Waals surface area contributed by atoms with Gasteiger partial charge in [0, 0.05) is 13.0 Å². The number of rotatable bonds is 2. The lowest BCUT2D eigenvalue weighted by atomic mass is 10.1. The number of amides is 1. The van der Waals surface area contributed by atoms with Crippen molar-refractivity contribution in [1.29, 1.82) is 0 Å². The topological polar surface area (TPSA) is 72.4 Å². The Bertz CT molecular complexity index is 516. The SMILES string of the molecule is COC(=O)C1CC(=O)N(c2nnc(C(F)(F)F)s2)C1. The number of nitrogens with zero attached hydrogens (tertiary/aromatic N) is 3. The first-order valence-corrected chi connectivity index (χ1v) is 5.93. The van der Waals surface area contributed by atoms with E-state index in [1.807, 2.05) is 0 Å². The third kappa shape index (κ3) is 2.67. The fourth-order valence-corrected chi connectivity index (χ4v) is 2.39. The number of hydrogen-bond acceptors (Lipinski definition) is 6. The van der Waals surface area contributed by atoms with Crippen molar-refractivity contribution in [2.75, 3.05) is 18.6 Å². The van der Waals surface area contributed by atoms with E-state index in [9.17, 15) is 22.8 Å². The lowest BCUT2D eigenvalue weighted by Crippen LogP contribution is -2.26. The Labute approximate surface area is 109 Å². The monoisotopic (exact) mass is 295 g/mol. The fraction of sp³-hybridized carbons (Fsp3) is 0.556. The van der Waals surface area contributed by atoms with Gasteiger partial charge in [-0.2, -0.15) is 13.2 Å². The zero-order chi connectivity index (χ0) is 14.2. The van der Waals surface area contributed by atoms with Crippen LogP contribution in [0.1, 0.15) is 11.4 Å². The summed E-state index contributed by atoms with van der Waals surface area (Å²) in [5, 5.41) is 5.03. The normalized spacial score (nSPS) is 19.9. The van der Waals surface area contributed by atoms with Gasteiger partial charge in [0.25, 0.3) is 0 Å². The first-order valence-electron chi connectivity index (χ1n) is 5.12. The molecule has 1 aliphatic heterocycles. The number of anilines is 1. The maximum absolute atomic E-state index is 12.4. The highest BCUT2D eigenvalue weighted by Gasteiger charge is 2.40. The van der Waals surface area contributed by atoms with Crippen LogP contribution in [0.4, 0.5) is 18.3 Å². The van der Waals surface area contributed by atoms with Crippen LogP contribution in [0.3, 0.4) is 0 Å². The molecule has 104 valence electrons. The molecule has 1 amide bonds. The molecule has 1 aromatic rings. The molecule has 0 spiro atoms. The third-order valence-electron chi connectivity index (χ3n) is 2.55. The molecule has 1 saturated heterocycles. The first kappa shape index (κ1) is 13.7. The van der Waals surface area contributed by atoms with Crippen molar-refractivity contribution in [3.8, 4) is 0 Å². The van der Waals surface area contributed by atoms with Crippen LogP contribution >= 0.6 is 11.3 Å². The van der Waals surface area contributed by atoms with Crippen molar-refractivity contribution in [2.45, 2.75) is 12.6 Å². The van der Waals surface area contributed by atoms with E-state index in [-0.39, 0.29) is 29.4 Å². The molecular formula is C9H8F3N3O3S. The highest BCUT2D eigenvalue weighted by Crippen LogP contribution is 2.36. The molecular weight excluding hydrogens is 287 g/mol. The third-order valence-corrected chi connectivity index (χ3v) is 3.54. The van der Waals surface area contributed by atoms with Crippen molar-refractivity contribution >= 4 is 28.3 Å². The molecule has 19 heavy (non-hydrogen) atoms. The number of carbonyl (C=O) groups excluding carboxylic acids is 2. The van der Waals surface area contributed by atoms with Gasteiger partial charge in [-0.15, -0.1) is 10.2 Å². The standard InChI is InChI=1S/C9H8F3N3O3S/c1-18-6(17)4-2-5(16)15(3-4)8-14-13-7(19-8)9(10,11)12/h4H,2-3H2,1H3.